The van der Waals surface area contributed by atoms with Crippen LogP contribution in [0.1, 0.15) is 39.4 Å². The predicted octanol–water partition coefficient (Wildman–Crippen LogP) is 4.29. The Bertz CT molecular complexity index is 974. The van der Waals surface area contributed by atoms with Gasteiger partial charge in [0, 0.05) is 23.6 Å². The fraction of sp³-hybridized carbons (Fsp3) is 0.136. The summed E-state index contributed by atoms with van der Waals surface area (Å²) in [6, 6.07) is 20.2. The minimum atomic E-state index is -0.463. The van der Waals surface area contributed by atoms with Crippen molar-refractivity contribution in [3.63, 3.8) is 0 Å². The van der Waals surface area contributed by atoms with Crippen molar-refractivity contribution in [1.29, 1.82) is 0 Å². The van der Waals surface area contributed by atoms with Gasteiger partial charge < -0.3 is 15.4 Å². The molecule has 1 unspecified atom stereocenters. The molecular formula is C22H21N3O3. The number of esters is 1. The topological polar surface area (TPSA) is 80.3 Å². The minimum absolute atomic E-state index is 0.0799. The number of pyridine rings is 1. The van der Waals surface area contributed by atoms with Gasteiger partial charge >= 0.3 is 5.97 Å². The molecule has 2 aromatic carbocycles. The number of ether oxygens (including phenoxy) is 1. The van der Waals surface area contributed by atoms with Crippen LogP contribution in [0, 0.1) is 0 Å². The van der Waals surface area contributed by atoms with Gasteiger partial charge in [-0.2, -0.15) is 0 Å². The molecular weight excluding hydrogens is 354 g/mol. The molecule has 0 spiro atoms. The lowest BCUT2D eigenvalue weighted by atomic mass is 10.1. The average molecular weight is 375 g/mol. The Morgan fingerprint density at radius 3 is 2.50 bits per heavy atom. The molecule has 1 atom stereocenters. The van der Waals surface area contributed by atoms with Crippen LogP contribution in [-0.2, 0) is 4.74 Å². The Hall–Kier alpha value is -3.67. The smallest absolute Gasteiger partial charge is 0.337 e. The number of nitrogens with zero attached hydrogens (tertiary/aromatic N) is 1. The number of methoxy groups -OCH3 is 1. The quantitative estimate of drug-likeness (QED) is 0.628. The number of carbonyl (C=O) groups excluding carboxylic acids is 2. The van der Waals surface area contributed by atoms with Crippen LogP contribution in [0.15, 0.2) is 72.9 Å². The van der Waals surface area contributed by atoms with E-state index in [0.29, 0.717) is 11.3 Å². The molecule has 0 aliphatic carbocycles. The van der Waals surface area contributed by atoms with E-state index in [1.165, 1.54) is 7.11 Å². The number of nitrogens with one attached hydrogen (secondary N) is 2. The summed E-state index contributed by atoms with van der Waals surface area (Å²) in [6.07, 6.45) is 1.58. The first-order valence-corrected chi connectivity index (χ1v) is 8.84. The normalized spacial score (nSPS) is 11.4. The van der Waals surface area contributed by atoms with E-state index in [4.69, 9.17) is 4.74 Å². The van der Waals surface area contributed by atoms with Crippen LogP contribution in [0.5, 0.6) is 0 Å². The average Bonchev–Trinajstić information content (AvgIpc) is 2.74. The second kappa shape index (κ2) is 8.81. The van der Waals surface area contributed by atoms with Crippen LogP contribution in [0.2, 0.25) is 0 Å². The van der Waals surface area contributed by atoms with Gasteiger partial charge in [0.15, 0.2) is 0 Å². The molecule has 0 saturated heterocycles. The summed E-state index contributed by atoms with van der Waals surface area (Å²) in [7, 11) is 1.31. The van der Waals surface area contributed by atoms with E-state index >= 15 is 0 Å². The molecule has 6 nitrogen and oxygen atoms in total. The zero-order valence-electron chi connectivity index (χ0n) is 15.7. The summed E-state index contributed by atoms with van der Waals surface area (Å²) in [5.41, 5.74) is 3.06. The van der Waals surface area contributed by atoms with E-state index in [1.54, 1.807) is 36.5 Å². The summed E-state index contributed by atoms with van der Waals surface area (Å²) in [5.74, 6) is -0.826. The van der Waals surface area contributed by atoms with Crippen molar-refractivity contribution in [2.24, 2.45) is 0 Å². The molecule has 0 fully saturated rings. The van der Waals surface area contributed by atoms with E-state index in [0.717, 1.165) is 11.3 Å². The molecule has 1 heterocycles. The number of carbonyl (C=O) groups is 2. The summed E-state index contributed by atoms with van der Waals surface area (Å²) in [4.78, 5) is 28.3. The molecule has 3 aromatic rings. The van der Waals surface area contributed by atoms with Crippen molar-refractivity contribution in [3.05, 3.63) is 89.7 Å². The Balaban J connectivity index is 1.71. The van der Waals surface area contributed by atoms with Gasteiger partial charge in [-0.3, -0.25) is 9.78 Å². The predicted molar refractivity (Wildman–Crippen MR) is 108 cm³/mol. The highest BCUT2D eigenvalue weighted by Gasteiger charge is 2.12. The molecule has 2 N–H and O–H groups in total. The molecule has 1 aromatic heterocycles. The van der Waals surface area contributed by atoms with Crippen molar-refractivity contribution in [2.75, 3.05) is 17.7 Å². The summed E-state index contributed by atoms with van der Waals surface area (Å²) < 4.78 is 4.70. The molecule has 0 bridgehead atoms. The van der Waals surface area contributed by atoms with Gasteiger partial charge in [-0.25, -0.2) is 4.79 Å². The maximum Gasteiger partial charge on any atom is 0.337 e. The molecule has 0 aliphatic rings. The van der Waals surface area contributed by atoms with Gasteiger partial charge in [0.2, 0.25) is 0 Å². The van der Waals surface area contributed by atoms with Gasteiger partial charge in [0.1, 0.15) is 5.69 Å². The minimum Gasteiger partial charge on any atom is -0.465 e. The van der Waals surface area contributed by atoms with Crippen molar-refractivity contribution in [1.82, 2.24) is 4.98 Å². The van der Waals surface area contributed by atoms with Crippen LogP contribution in [-0.4, -0.2) is 24.0 Å². The van der Waals surface area contributed by atoms with E-state index in [-0.39, 0.29) is 17.6 Å². The van der Waals surface area contributed by atoms with Crippen molar-refractivity contribution >= 4 is 23.3 Å². The second-order valence-corrected chi connectivity index (χ2v) is 6.23. The largest absolute Gasteiger partial charge is 0.465 e. The van der Waals surface area contributed by atoms with E-state index in [1.807, 2.05) is 43.3 Å². The molecule has 0 saturated carbocycles. The van der Waals surface area contributed by atoms with Gasteiger partial charge in [-0.15, -0.1) is 0 Å². The van der Waals surface area contributed by atoms with E-state index in [2.05, 4.69) is 15.6 Å². The monoisotopic (exact) mass is 375 g/mol. The van der Waals surface area contributed by atoms with Crippen LogP contribution in [0.3, 0.4) is 0 Å². The standard InChI is InChI=1S/C22H21N3O3/c1-15(16-7-4-3-5-8-16)24-19-11-12-23-20(14-19)21(26)25-18-10-6-9-17(13-18)22(27)28-2/h3-15H,1-2H3,(H,23,24)(H,25,26). The van der Waals surface area contributed by atoms with E-state index in [9.17, 15) is 9.59 Å². The van der Waals surface area contributed by atoms with Crippen molar-refractivity contribution < 1.29 is 14.3 Å². The highest BCUT2D eigenvalue weighted by Crippen LogP contribution is 2.20. The van der Waals surface area contributed by atoms with Gasteiger partial charge in [-0.05, 0) is 42.8 Å². The summed E-state index contributed by atoms with van der Waals surface area (Å²) >= 11 is 0. The molecule has 6 heteroatoms. The zero-order chi connectivity index (χ0) is 19.9. The molecule has 0 radical (unpaired) electrons. The number of aromatic nitrogens is 1. The number of amides is 1. The summed E-state index contributed by atoms with van der Waals surface area (Å²) in [6.45, 7) is 2.05. The maximum atomic E-state index is 12.6. The Kier molecular flexibility index (Phi) is 6.01. The van der Waals surface area contributed by atoms with Gasteiger partial charge in [-0.1, -0.05) is 36.4 Å². The third kappa shape index (κ3) is 4.73. The number of benzene rings is 2. The lowest BCUT2D eigenvalue weighted by molar-refractivity contribution is 0.0600. The Morgan fingerprint density at radius 1 is 0.964 bits per heavy atom. The number of rotatable bonds is 6. The van der Waals surface area contributed by atoms with Crippen molar-refractivity contribution in [2.45, 2.75) is 13.0 Å². The number of hydrogen-bond acceptors (Lipinski definition) is 5. The van der Waals surface area contributed by atoms with Crippen LogP contribution in [0.25, 0.3) is 0 Å². The fourth-order valence-corrected chi connectivity index (χ4v) is 2.76. The van der Waals surface area contributed by atoms with Crippen LogP contribution < -0.4 is 10.6 Å². The summed E-state index contributed by atoms with van der Waals surface area (Å²) in [5, 5.41) is 6.12. The third-order valence-electron chi connectivity index (χ3n) is 4.22. The second-order valence-electron chi connectivity index (χ2n) is 6.23. The first-order valence-electron chi connectivity index (χ1n) is 8.84. The first kappa shape index (κ1) is 19.1. The molecule has 0 aliphatic heterocycles. The molecule has 142 valence electrons. The SMILES string of the molecule is COC(=O)c1cccc(NC(=O)c2cc(NC(C)c3ccccc3)ccn2)c1. The van der Waals surface area contributed by atoms with Gasteiger partial charge in [0.05, 0.1) is 12.7 Å². The third-order valence-corrected chi connectivity index (χ3v) is 4.22. The lowest BCUT2D eigenvalue weighted by Crippen LogP contribution is -2.15. The molecule has 28 heavy (non-hydrogen) atoms. The van der Waals surface area contributed by atoms with E-state index < -0.39 is 5.97 Å². The highest BCUT2D eigenvalue weighted by molar-refractivity contribution is 6.04. The van der Waals surface area contributed by atoms with Crippen LogP contribution >= 0.6 is 0 Å². The molecule has 1 amide bonds. The van der Waals surface area contributed by atoms with Crippen LogP contribution in [0.4, 0.5) is 11.4 Å². The van der Waals surface area contributed by atoms with Crippen molar-refractivity contribution in [3.8, 4) is 0 Å². The maximum absolute atomic E-state index is 12.6. The fourth-order valence-electron chi connectivity index (χ4n) is 2.76. The van der Waals surface area contributed by atoms with Gasteiger partial charge in [0.25, 0.3) is 5.91 Å². The lowest BCUT2D eigenvalue weighted by Gasteiger charge is -2.16. The molecule has 3 rings (SSSR count). The first-order chi connectivity index (χ1) is 13.6. The highest BCUT2D eigenvalue weighted by atomic mass is 16.5. The zero-order valence-corrected chi connectivity index (χ0v) is 15.7. The Morgan fingerprint density at radius 2 is 1.75 bits per heavy atom. The number of anilines is 2. The number of hydrogen-bond donors (Lipinski definition) is 2. The Labute approximate surface area is 163 Å².